The molecule has 1 aromatic carbocycles. The molecule has 1 N–H and O–H groups in total. The number of carbonyl (C=O) groups excluding carboxylic acids is 2. The van der Waals surface area contributed by atoms with Crippen LogP contribution in [0.4, 0.5) is 0 Å². The van der Waals surface area contributed by atoms with Crippen LogP contribution in [-0.4, -0.2) is 24.8 Å². The lowest BCUT2D eigenvalue weighted by Crippen LogP contribution is -2.40. The second-order valence-electron chi connectivity index (χ2n) is 3.87. The minimum absolute atomic E-state index is 0.0822. The molecule has 0 spiro atoms. The van der Waals surface area contributed by atoms with Crippen molar-refractivity contribution in [2.24, 2.45) is 0 Å². The van der Waals surface area contributed by atoms with Gasteiger partial charge in [0, 0.05) is 7.11 Å². The Morgan fingerprint density at radius 2 is 1.82 bits per heavy atom. The molecule has 92 valence electrons. The van der Waals surface area contributed by atoms with E-state index in [2.05, 4.69) is 5.32 Å². The predicted octanol–water partition coefficient (Wildman–Crippen LogP) is 1.47. The van der Waals surface area contributed by atoms with E-state index in [1.54, 1.807) is 6.92 Å². The second-order valence-corrected chi connectivity index (χ2v) is 3.87. The van der Waals surface area contributed by atoms with Gasteiger partial charge in [0.2, 0.25) is 0 Å². The molecule has 1 aromatic rings. The maximum absolute atomic E-state index is 11.9. The molecule has 0 radical (unpaired) electrons. The Morgan fingerprint density at radius 1 is 1.24 bits per heavy atom. The summed E-state index contributed by atoms with van der Waals surface area (Å²) < 4.78 is 5.16. The lowest BCUT2D eigenvalue weighted by molar-refractivity contribution is -0.134. The minimum atomic E-state index is -0.682. The summed E-state index contributed by atoms with van der Waals surface area (Å²) in [5.74, 6) is -0.386. The summed E-state index contributed by atoms with van der Waals surface area (Å²) in [7, 11) is 1.47. The van der Waals surface area contributed by atoms with E-state index in [-0.39, 0.29) is 11.7 Å². The SMILES string of the molecule is COC(C(=O)N[C@@H](C)C(C)=O)c1ccccc1. The largest absolute Gasteiger partial charge is 0.367 e. The Morgan fingerprint density at radius 3 is 2.29 bits per heavy atom. The fourth-order valence-electron chi connectivity index (χ4n) is 1.41. The monoisotopic (exact) mass is 235 g/mol. The maximum Gasteiger partial charge on any atom is 0.254 e. The summed E-state index contributed by atoms with van der Waals surface area (Å²) in [4.78, 5) is 23.0. The molecule has 0 aromatic heterocycles. The molecule has 1 amide bonds. The van der Waals surface area contributed by atoms with Crippen LogP contribution < -0.4 is 5.32 Å². The van der Waals surface area contributed by atoms with E-state index in [0.29, 0.717) is 0 Å². The molecule has 17 heavy (non-hydrogen) atoms. The molecule has 0 aliphatic rings. The lowest BCUT2D eigenvalue weighted by atomic mass is 10.1. The van der Waals surface area contributed by atoms with Gasteiger partial charge in [-0.15, -0.1) is 0 Å². The average Bonchev–Trinajstić information content (AvgIpc) is 2.31. The molecule has 1 unspecified atom stereocenters. The van der Waals surface area contributed by atoms with E-state index in [1.165, 1.54) is 14.0 Å². The molecule has 1 rings (SSSR count). The molecule has 0 saturated carbocycles. The highest BCUT2D eigenvalue weighted by Gasteiger charge is 2.22. The van der Waals surface area contributed by atoms with Crippen molar-refractivity contribution >= 4 is 11.7 Å². The van der Waals surface area contributed by atoms with Crippen molar-refractivity contribution in [2.45, 2.75) is 26.0 Å². The van der Waals surface area contributed by atoms with E-state index < -0.39 is 12.1 Å². The number of Topliss-reactive ketones (excluding diaryl/α,β-unsaturated/α-hetero) is 1. The Bertz CT molecular complexity index is 389. The molecular formula is C13H17NO3. The summed E-state index contributed by atoms with van der Waals surface area (Å²) in [6, 6.07) is 8.67. The van der Waals surface area contributed by atoms with E-state index in [1.807, 2.05) is 30.3 Å². The minimum Gasteiger partial charge on any atom is -0.367 e. The number of benzene rings is 1. The van der Waals surface area contributed by atoms with E-state index in [0.717, 1.165) is 5.56 Å². The fraction of sp³-hybridized carbons (Fsp3) is 0.385. The number of carbonyl (C=O) groups is 2. The van der Waals surface area contributed by atoms with E-state index >= 15 is 0 Å². The number of rotatable bonds is 5. The van der Waals surface area contributed by atoms with Crippen LogP contribution in [0.15, 0.2) is 30.3 Å². The zero-order chi connectivity index (χ0) is 12.8. The molecule has 4 nitrogen and oxygen atoms in total. The molecule has 0 fully saturated rings. The number of methoxy groups -OCH3 is 1. The van der Waals surface area contributed by atoms with Gasteiger partial charge in [-0.25, -0.2) is 0 Å². The second kappa shape index (κ2) is 6.15. The zero-order valence-corrected chi connectivity index (χ0v) is 10.3. The Balaban J connectivity index is 2.75. The number of amides is 1. The van der Waals surface area contributed by atoms with E-state index in [4.69, 9.17) is 4.74 Å². The molecule has 0 aliphatic carbocycles. The molecule has 4 heteroatoms. The van der Waals surface area contributed by atoms with Crippen LogP contribution in [0.2, 0.25) is 0 Å². The first-order chi connectivity index (χ1) is 8.06. The number of hydrogen-bond donors (Lipinski definition) is 1. The van der Waals surface area contributed by atoms with Crippen LogP contribution in [0, 0.1) is 0 Å². The lowest BCUT2D eigenvalue weighted by Gasteiger charge is -2.18. The van der Waals surface area contributed by atoms with Crippen LogP contribution in [-0.2, 0) is 14.3 Å². The van der Waals surface area contributed by atoms with E-state index in [9.17, 15) is 9.59 Å². The van der Waals surface area contributed by atoms with Gasteiger partial charge in [-0.05, 0) is 19.4 Å². The highest BCUT2D eigenvalue weighted by Crippen LogP contribution is 2.16. The molecular weight excluding hydrogens is 218 g/mol. The van der Waals surface area contributed by atoms with Crippen molar-refractivity contribution in [3.05, 3.63) is 35.9 Å². The molecule has 0 heterocycles. The summed E-state index contributed by atoms with van der Waals surface area (Å²) in [5.41, 5.74) is 0.767. The van der Waals surface area contributed by atoms with Gasteiger partial charge in [-0.1, -0.05) is 30.3 Å². The Hall–Kier alpha value is -1.68. The molecule has 0 bridgehead atoms. The normalized spacial score (nSPS) is 13.8. The van der Waals surface area contributed by atoms with Crippen LogP contribution in [0.3, 0.4) is 0 Å². The number of ether oxygens (including phenoxy) is 1. The van der Waals surface area contributed by atoms with Gasteiger partial charge in [0.15, 0.2) is 11.9 Å². The predicted molar refractivity (Wildman–Crippen MR) is 64.5 cm³/mol. The number of hydrogen-bond acceptors (Lipinski definition) is 3. The van der Waals surface area contributed by atoms with Crippen LogP contribution in [0.1, 0.15) is 25.5 Å². The standard InChI is InChI=1S/C13H17NO3/c1-9(10(2)15)14-13(16)12(17-3)11-7-5-4-6-8-11/h4-9,12H,1-3H3,(H,14,16)/t9-,12?/m0/s1. The van der Waals surface area contributed by atoms with Crippen LogP contribution >= 0.6 is 0 Å². The zero-order valence-electron chi connectivity index (χ0n) is 10.3. The van der Waals surface area contributed by atoms with Gasteiger partial charge in [0.25, 0.3) is 5.91 Å². The number of nitrogens with one attached hydrogen (secondary N) is 1. The summed E-state index contributed by atoms with van der Waals surface area (Å²) >= 11 is 0. The highest BCUT2D eigenvalue weighted by molar-refractivity contribution is 5.89. The molecule has 2 atom stereocenters. The number of ketones is 1. The first-order valence-electron chi connectivity index (χ1n) is 5.44. The van der Waals surface area contributed by atoms with Gasteiger partial charge in [0.1, 0.15) is 0 Å². The Labute approximate surface area is 101 Å². The topological polar surface area (TPSA) is 55.4 Å². The average molecular weight is 235 g/mol. The van der Waals surface area contributed by atoms with Gasteiger partial charge in [-0.3, -0.25) is 9.59 Å². The van der Waals surface area contributed by atoms with Crippen molar-refractivity contribution in [3.63, 3.8) is 0 Å². The summed E-state index contributed by atoms with van der Waals surface area (Å²) in [6.07, 6.45) is -0.682. The van der Waals surface area contributed by atoms with Crippen molar-refractivity contribution in [3.8, 4) is 0 Å². The quantitative estimate of drug-likeness (QED) is 0.840. The van der Waals surface area contributed by atoms with Crippen molar-refractivity contribution in [2.75, 3.05) is 7.11 Å². The van der Waals surface area contributed by atoms with Gasteiger partial charge >= 0.3 is 0 Å². The smallest absolute Gasteiger partial charge is 0.254 e. The molecule has 0 saturated heterocycles. The first-order valence-corrected chi connectivity index (χ1v) is 5.44. The van der Waals surface area contributed by atoms with Crippen molar-refractivity contribution in [1.29, 1.82) is 0 Å². The first kappa shape index (κ1) is 13.4. The summed E-state index contributed by atoms with van der Waals surface area (Å²) in [6.45, 7) is 3.09. The fourth-order valence-corrected chi connectivity index (χ4v) is 1.41. The Kier molecular flexibility index (Phi) is 4.84. The maximum atomic E-state index is 11.9. The van der Waals surface area contributed by atoms with Gasteiger partial charge in [-0.2, -0.15) is 0 Å². The third kappa shape index (κ3) is 3.67. The third-order valence-electron chi connectivity index (χ3n) is 2.54. The van der Waals surface area contributed by atoms with Gasteiger partial charge in [0.05, 0.1) is 6.04 Å². The van der Waals surface area contributed by atoms with Crippen molar-refractivity contribution in [1.82, 2.24) is 5.32 Å². The van der Waals surface area contributed by atoms with Gasteiger partial charge < -0.3 is 10.1 Å². The molecule has 0 aliphatic heterocycles. The van der Waals surface area contributed by atoms with Crippen LogP contribution in [0.25, 0.3) is 0 Å². The third-order valence-corrected chi connectivity index (χ3v) is 2.54. The summed E-state index contributed by atoms with van der Waals surface area (Å²) in [5, 5.41) is 2.62. The van der Waals surface area contributed by atoms with Crippen molar-refractivity contribution < 1.29 is 14.3 Å². The highest BCUT2D eigenvalue weighted by atomic mass is 16.5. The van der Waals surface area contributed by atoms with Crippen LogP contribution in [0.5, 0.6) is 0 Å².